The van der Waals surface area contributed by atoms with Crippen LogP contribution in [0.2, 0.25) is 0 Å². The van der Waals surface area contributed by atoms with E-state index in [9.17, 15) is 0 Å². The van der Waals surface area contributed by atoms with Crippen LogP contribution in [0.3, 0.4) is 0 Å². The predicted octanol–water partition coefficient (Wildman–Crippen LogP) is 4.22. The van der Waals surface area contributed by atoms with Crippen LogP contribution in [0.25, 0.3) is 0 Å². The van der Waals surface area contributed by atoms with Crippen molar-refractivity contribution >= 4 is 11.3 Å². The summed E-state index contributed by atoms with van der Waals surface area (Å²) < 4.78 is 0. The summed E-state index contributed by atoms with van der Waals surface area (Å²) in [6.07, 6.45) is 3.12. The minimum absolute atomic E-state index is 0.597. The van der Waals surface area contributed by atoms with Gasteiger partial charge in [0, 0.05) is 28.5 Å². The van der Waals surface area contributed by atoms with Gasteiger partial charge in [-0.3, -0.25) is 0 Å². The van der Waals surface area contributed by atoms with Crippen molar-refractivity contribution in [2.24, 2.45) is 0 Å². The first-order valence-electron chi connectivity index (χ1n) is 5.32. The molecular formula is C13H18S. The molecule has 0 spiro atoms. The van der Waals surface area contributed by atoms with Gasteiger partial charge >= 0.3 is 0 Å². The van der Waals surface area contributed by atoms with Crippen LogP contribution >= 0.6 is 11.3 Å². The summed E-state index contributed by atoms with van der Waals surface area (Å²) in [4.78, 5) is 2.96. The first kappa shape index (κ1) is 11.3. The number of hydrogen-bond acceptors (Lipinski definition) is 1. The maximum absolute atomic E-state index is 3.22. The lowest BCUT2D eigenvalue weighted by Crippen LogP contribution is -1.86. The van der Waals surface area contributed by atoms with Crippen molar-refractivity contribution in [3.8, 4) is 11.8 Å². The molecule has 0 nitrogen and oxygen atoms in total. The van der Waals surface area contributed by atoms with Crippen molar-refractivity contribution in [3.63, 3.8) is 0 Å². The van der Waals surface area contributed by atoms with E-state index in [1.54, 1.807) is 0 Å². The molecule has 0 saturated heterocycles. The van der Waals surface area contributed by atoms with Crippen LogP contribution in [-0.2, 0) is 6.42 Å². The zero-order valence-electron chi connectivity index (χ0n) is 9.26. The Kier molecular flexibility index (Phi) is 4.76. The molecular weight excluding hydrogens is 188 g/mol. The summed E-state index contributed by atoms with van der Waals surface area (Å²) in [5.41, 5.74) is 0. The maximum atomic E-state index is 3.22. The second kappa shape index (κ2) is 5.88. The molecule has 0 amide bonds. The maximum Gasteiger partial charge on any atom is 0.0163 e. The Bertz CT molecular complexity index is 324. The fourth-order valence-electron chi connectivity index (χ4n) is 1.30. The van der Waals surface area contributed by atoms with Crippen LogP contribution < -0.4 is 0 Å². The van der Waals surface area contributed by atoms with Crippen molar-refractivity contribution in [3.05, 3.63) is 21.9 Å². The Morgan fingerprint density at radius 1 is 1.29 bits per heavy atom. The lowest BCUT2D eigenvalue weighted by Gasteiger charge is -2.02. The van der Waals surface area contributed by atoms with Gasteiger partial charge in [0.2, 0.25) is 0 Å². The molecule has 1 atom stereocenters. The van der Waals surface area contributed by atoms with Crippen LogP contribution in [0.1, 0.15) is 49.3 Å². The molecule has 1 aromatic heterocycles. The van der Waals surface area contributed by atoms with E-state index in [4.69, 9.17) is 0 Å². The SMILES string of the molecule is CCC#CCC(C)c1ccc(CC)s1. The Hall–Kier alpha value is -0.740. The number of rotatable bonds is 3. The fourth-order valence-corrected chi connectivity index (χ4v) is 2.30. The third kappa shape index (κ3) is 3.20. The van der Waals surface area contributed by atoms with E-state index < -0.39 is 0 Å². The highest BCUT2D eigenvalue weighted by molar-refractivity contribution is 7.12. The Labute approximate surface area is 91.4 Å². The fraction of sp³-hybridized carbons (Fsp3) is 0.538. The number of hydrogen-bond donors (Lipinski definition) is 0. The predicted molar refractivity (Wildman–Crippen MR) is 64.8 cm³/mol. The van der Waals surface area contributed by atoms with Gasteiger partial charge in [-0.2, -0.15) is 0 Å². The number of thiophene rings is 1. The summed E-state index contributed by atoms with van der Waals surface area (Å²) >= 11 is 1.93. The van der Waals surface area contributed by atoms with E-state index in [0.717, 1.165) is 19.3 Å². The van der Waals surface area contributed by atoms with Crippen molar-refractivity contribution in [1.82, 2.24) is 0 Å². The lowest BCUT2D eigenvalue weighted by molar-refractivity contribution is 0.813. The van der Waals surface area contributed by atoms with Gasteiger partial charge in [-0.25, -0.2) is 0 Å². The van der Waals surface area contributed by atoms with Crippen molar-refractivity contribution in [2.75, 3.05) is 0 Å². The van der Waals surface area contributed by atoms with Crippen LogP contribution in [0.15, 0.2) is 12.1 Å². The molecule has 1 heteroatoms. The standard InChI is InChI=1S/C13H18S/c1-4-6-7-8-11(3)13-10-9-12(5-2)14-13/h9-11H,4-5,8H2,1-3H3. The summed E-state index contributed by atoms with van der Waals surface area (Å²) in [5, 5.41) is 0. The largest absolute Gasteiger partial charge is 0.145 e. The molecule has 0 fully saturated rings. The van der Waals surface area contributed by atoms with Gasteiger partial charge in [0.15, 0.2) is 0 Å². The average Bonchev–Trinajstić information content (AvgIpc) is 2.66. The van der Waals surface area contributed by atoms with Gasteiger partial charge in [0.1, 0.15) is 0 Å². The Morgan fingerprint density at radius 2 is 2.07 bits per heavy atom. The van der Waals surface area contributed by atoms with Gasteiger partial charge < -0.3 is 0 Å². The zero-order chi connectivity index (χ0) is 10.4. The normalized spacial score (nSPS) is 11.9. The van der Waals surface area contributed by atoms with Crippen LogP contribution in [0, 0.1) is 11.8 Å². The summed E-state index contributed by atoms with van der Waals surface area (Å²) in [6.45, 7) is 6.56. The highest BCUT2D eigenvalue weighted by Crippen LogP contribution is 2.26. The molecule has 0 aliphatic rings. The third-order valence-electron chi connectivity index (χ3n) is 2.23. The molecule has 0 N–H and O–H groups in total. The zero-order valence-corrected chi connectivity index (χ0v) is 10.1. The van der Waals surface area contributed by atoms with Gasteiger partial charge in [-0.15, -0.1) is 23.2 Å². The molecule has 1 unspecified atom stereocenters. The molecule has 0 aromatic carbocycles. The van der Waals surface area contributed by atoms with Crippen molar-refractivity contribution in [1.29, 1.82) is 0 Å². The van der Waals surface area contributed by atoms with Crippen molar-refractivity contribution in [2.45, 2.75) is 46.0 Å². The van der Waals surface area contributed by atoms with E-state index in [-0.39, 0.29) is 0 Å². The monoisotopic (exact) mass is 206 g/mol. The third-order valence-corrected chi connectivity index (χ3v) is 3.69. The molecule has 1 rings (SSSR count). The van der Waals surface area contributed by atoms with E-state index in [2.05, 4.69) is 44.7 Å². The summed E-state index contributed by atoms with van der Waals surface area (Å²) in [5.74, 6) is 6.94. The molecule has 1 heterocycles. The molecule has 76 valence electrons. The van der Waals surface area contributed by atoms with Crippen LogP contribution in [0.4, 0.5) is 0 Å². The minimum Gasteiger partial charge on any atom is -0.145 e. The molecule has 0 bridgehead atoms. The average molecular weight is 206 g/mol. The highest BCUT2D eigenvalue weighted by atomic mass is 32.1. The van der Waals surface area contributed by atoms with Crippen molar-refractivity contribution < 1.29 is 0 Å². The van der Waals surface area contributed by atoms with Gasteiger partial charge in [-0.1, -0.05) is 20.8 Å². The smallest absolute Gasteiger partial charge is 0.0163 e. The molecule has 0 aliphatic heterocycles. The second-order valence-corrected chi connectivity index (χ2v) is 4.67. The first-order chi connectivity index (χ1) is 6.77. The van der Waals surface area contributed by atoms with Gasteiger partial charge in [0.25, 0.3) is 0 Å². The quantitative estimate of drug-likeness (QED) is 0.650. The lowest BCUT2D eigenvalue weighted by atomic mass is 10.1. The molecule has 0 saturated carbocycles. The van der Waals surface area contributed by atoms with Gasteiger partial charge in [0.05, 0.1) is 0 Å². The topological polar surface area (TPSA) is 0 Å². The first-order valence-corrected chi connectivity index (χ1v) is 6.13. The summed E-state index contributed by atoms with van der Waals surface area (Å²) in [6, 6.07) is 4.49. The molecule has 0 radical (unpaired) electrons. The second-order valence-electron chi connectivity index (χ2n) is 3.47. The van der Waals surface area contributed by atoms with E-state index >= 15 is 0 Å². The molecule has 1 aromatic rings. The molecule has 0 aliphatic carbocycles. The number of aryl methyl sites for hydroxylation is 1. The Morgan fingerprint density at radius 3 is 2.64 bits per heavy atom. The van der Waals surface area contributed by atoms with E-state index in [1.807, 2.05) is 11.3 Å². The van der Waals surface area contributed by atoms with Crippen LogP contribution in [-0.4, -0.2) is 0 Å². The summed E-state index contributed by atoms with van der Waals surface area (Å²) in [7, 11) is 0. The molecule has 14 heavy (non-hydrogen) atoms. The van der Waals surface area contributed by atoms with E-state index in [0.29, 0.717) is 5.92 Å². The minimum atomic E-state index is 0.597. The highest BCUT2D eigenvalue weighted by Gasteiger charge is 2.06. The Balaban J connectivity index is 2.55. The van der Waals surface area contributed by atoms with Gasteiger partial charge in [-0.05, 0) is 18.6 Å². The van der Waals surface area contributed by atoms with Crippen LogP contribution in [0.5, 0.6) is 0 Å². The van der Waals surface area contributed by atoms with E-state index in [1.165, 1.54) is 9.75 Å².